The van der Waals surface area contributed by atoms with E-state index in [-0.39, 0.29) is 23.5 Å². The Hall–Kier alpha value is -2.23. The number of hydrogen-bond donors (Lipinski definition) is 0. The van der Waals surface area contributed by atoms with Gasteiger partial charge in [-0.15, -0.1) is 0 Å². The number of non-ortho nitro benzene ring substituents is 1. The van der Waals surface area contributed by atoms with E-state index in [9.17, 15) is 19.7 Å². The quantitative estimate of drug-likeness (QED) is 0.459. The van der Waals surface area contributed by atoms with Crippen LogP contribution in [0.1, 0.15) is 5.56 Å². The van der Waals surface area contributed by atoms with Gasteiger partial charge < -0.3 is 4.90 Å². The van der Waals surface area contributed by atoms with Crippen LogP contribution in [0.2, 0.25) is 0 Å². The number of hydrogen-bond acceptors (Lipinski definition) is 7. The summed E-state index contributed by atoms with van der Waals surface area (Å²) in [5.41, 5.74) is 0.477. The maximum atomic E-state index is 12.5. The van der Waals surface area contributed by atoms with Crippen LogP contribution in [0.3, 0.4) is 0 Å². The summed E-state index contributed by atoms with van der Waals surface area (Å²) in [5.74, 6) is -0.347. The van der Waals surface area contributed by atoms with Crippen LogP contribution in [0.5, 0.6) is 0 Å². The van der Waals surface area contributed by atoms with Crippen molar-refractivity contribution in [1.82, 2.24) is 14.7 Å². The number of piperazine rings is 1. The predicted molar refractivity (Wildman–Crippen MR) is 94.8 cm³/mol. The van der Waals surface area contributed by atoms with Crippen molar-refractivity contribution < 1.29 is 14.5 Å². The number of likely N-dealkylation sites (N-methyl/N-ethyl adjacent to an activating group) is 1. The third kappa shape index (κ3) is 4.06. The SMILES string of the molecule is CN1CCN(CN2C(=O)S/C(=C/c3cccc([N+](=O)[O-])c3)C2=O)CC1. The summed E-state index contributed by atoms with van der Waals surface area (Å²) in [7, 11) is 2.04. The van der Waals surface area contributed by atoms with Crippen LogP contribution in [0.4, 0.5) is 10.5 Å². The third-order valence-electron chi connectivity index (χ3n) is 4.19. The van der Waals surface area contributed by atoms with Gasteiger partial charge in [-0.25, -0.2) is 0 Å². The van der Waals surface area contributed by atoms with Crippen molar-refractivity contribution in [3.63, 3.8) is 0 Å². The van der Waals surface area contributed by atoms with Gasteiger partial charge in [-0.2, -0.15) is 0 Å². The smallest absolute Gasteiger partial charge is 0.294 e. The summed E-state index contributed by atoms with van der Waals surface area (Å²) in [4.78, 5) is 40.9. The first-order valence-corrected chi connectivity index (χ1v) is 8.66. The van der Waals surface area contributed by atoms with E-state index in [1.54, 1.807) is 12.1 Å². The Kier molecular flexibility index (Phi) is 5.16. The van der Waals surface area contributed by atoms with E-state index < -0.39 is 4.92 Å². The van der Waals surface area contributed by atoms with Crippen molar-refractivity contribution >= 4 is 34.7 Å². The highest BCUT2D eigenvalue weighted by atomic mass is 32.2. The summed E-state index contributed by atoms with van der Waals surface area (Å²) < 4.78 is 0. The van der Waals surface area contributed by atoms with E-state index >= 15 is 0 Å². The number of carbonyl (C=O) groups is 2. The van der Waals surface area contributed by atoms with Crippen molar-refractivity contribution in [2.45, 2.75) is 0 Å². The van der Waals surface area contributed by atoms with Crippen LogP contribution in [-0.2, 0) is 4.79 Å². The van der Waals surface area contributed by atoms with E-state index in [2.05, 4.69) is 9.80 Å². The second kappa shape index (κ2) is 7.34. The van der Waals surface area contributed by atoms with Crippen molar-refractivity contribution in [2.24, 2.45) is 0 Å². The van der Waals surface area contributed by atoms with Gasteiger partial charge in [0.1, 0.15) is 0 Å². The van der Waals surface area contributed by atoms with Gasteiger partial charge in [0.25, 0.3) is 16.8 Å². The molecule has 0 spiro atoms. The molecule has 132 valence electrons. The minimum atomic E-state index is -0.490. The lowest BCUT2D eigenvalue weighted by Crippen LogP contribution is -2.49. The normalized spacial score (nSPS) is 21.3. The molecular formula is C16H18N4O4S. The molecule has 0 saturated carbocycles. The number of imide groups is 1. The first-order chi connectivity index (χ1) is 11.9. The van der Waals surface area contributed by atoms with Gasteiger partial charge in [0.05, 0.1) is 16.5 Å². The summed E-state index contributed by atoms with van der Waals surface area (Å²) in [5, 5.41) is 10.5. The summed E-state index contributed by atoms with van der Waals surface area (Å²) >= 11 is 0.872. The van der Waals surface area contributed by atoms with Crippen LogP contribution in [-0.4, -0.2) is 70.7 Å². The fourth-order valence-corrected chi connectivity index (χ4v) is 3.52. The molecule has 0 bridgehead atoms. The number of nitrogens with zero attached hydrogens (tertiary/aromatic N) is 4. The standard InChI is InChI=1S/C16H18N4O4S/c1-17-5-7-18(8-6-17)11-19-15(21)14(25-16(19)22)10-12-3-2-4-13(9-12)20(23)24/h2-4,9-10H,5-8,11H2,1H3/b14-10+. The van der Waals surface area contributed by atoms with Gasteiger partial charge in [0.2, 0.25) is 0 Å². The Morgan fingerprint density at radius 3 is 2.64 bits per heavy atom. The van der Waals surface area contributed by atoms with Gasteiger partial charge >= 0.3 is 0 Å². The Morgan fingerprint density at radius 2 is 1.96 bits per heavy atom. The first kappa shape index (κ1) is 17.6. The Morgan fingerprint density at radius 1 is 1.24 bits per heavy atom. The summed E-state index contributed by atoms with van der Waals surface area (Å²) in [6.07, 6.45) is 1.53. The molecule has 1 aromatic carbocycles. The molecule has 0 N–H and O–H groups in total. The summed E-state index contributed by atoms with van der Waals surface area (Å²) in [6.45, 7) is 3.70. The predicted octanol–water partition coefficient (Wildman–Crippen LogP) is 1.84. The zero-order valence-corrected chi connectivity index (χ0v) is 14.6. The third-order valence-corrected chi connectivity index (χ3v) is 5.10. The molecule has 2 saturated heterocycles. The van der Waals surface area contributed by atoms with Crippen LogP contribution in [0, 0.1) is 10.1 Å². The monoisotopic (exact) mass is 362 g/mol. The number of nitro groups is 1. The Balaban J connectivity index is 1.72. The first-order valence-electron chi connectivity index (χ1n) is 7.85. The molecule has 0 atom stereocenters. The average Bonchev–Trinajstić information content (AvgIpc) is 2.84. The van der Waals surface area contributed by atoms with Gasteiger partial charge in [0.15, 0.2) is 0 Å². The molecule has 2 aliphatic rings. The van der Waals surface area contributed by atoms with Crippen LogP contribution in [0.25, 0.3) is 6.08 Å². The zero-order chi connectivity index (χ0) is 18.0. The Bertz CT molecular complexity index is 743. The molecule has 0 unspecified atom stereocenters. The molecule has 0 radical (unpaired) electrons. The molecule has 2 heterocycles. The number of benzene rings is 1. The number of carbonyl (C=O) groups excluding carboxylic acids is 2. The van der Waals surface area contributed by atoms with Crippen molar-refractivity contribution in [1.29, 1.82) is 0 Å². The molecule has 2 amide bonds. The largest absolute Gasteiger partial charge is 0.304 e. The van der Waals surface area contributed by atoms with Gasteiger partial charge in [0, 0.05) is 38.3 Å². The Labute approximate surface area is 149 Å². The lowest BCUT2D eigenvalue weighted by atomic mass is 10.2. The minimum absolute atomic E-state index is 0.0505. The second-order valence-corrected chi connectivity index (χ2v) is 7.02. The molecule has 1 aromatic rings. The maximum absolute atomic E-state index is 12.5. The highest BCUT2D eigenvalue weighted by Gasteiger charge is 2.36. The molecule has 0 aliphatic carbocycles. The topological polar surface area (TPSA) is 87.0 Å². The van der Waals surface area contributed by atoms with Crippen LogP contribution in [0.15, 0.2) is 29.2 Å². The van der Waals surface area contributed by atoms with Gasteiger partial charge in [-0.1, -0.05) is 12.1 Å². The van der Waals surface area contributed by atoms with E-state index in [0.29, 0.717) is 10.5 Å². The van der Waals surface area contributed by atoms with E-state index in [0.717, 1.165) is 37.9 Å². The fourth-order valence-electron chi connectivity index (χ4n) is 2.69. The highest BCUT2D eigenvalue weighted by Crippen LogP contribution is 2.32. The van der Waals surface area contributed by atoms with Crippen molar-refractivity contribution in [3.8, 4) is 0 Å². The number of amides is 2. The average molecular weight is 362 g/mol. The highest BCUT2D eigenvalue weighted by molar-refractivity contribution is 8.18. The van der Waals surface area contributed by atoms with Crippen LogP contribution >= 0.6 is 11.8 Å². The van der Waals surface area contributed by atoms with Gasteiger partial charge in [-0.05, 0) is 30.4 Å². The van der Waals surface area contributed by atoms with Crippen molar-refractivity contribution in [2.75, 3.05) is 39.9 Å². The molecule has 2 aliphatic heterocycles. The number of nitro benzene ring substituents is 1. The lowest BCUT2D eigenvalue weighted by Gasteiger charge is -2.33. The molecule has 2 fully saturated rings. The zero-order valence-electron chi connectivity index (χ0n) is 13.8. The fraction of sp³-hybridized carbons (Fsp3) is 0.375. The van der Waals surface area contributed by atoms with Crippen molar-refractivity contribution in [3.05, 3.63) is 44.8 Å². The second-order valence-electron chi connectivity index (χ2n) is 6.02. The van der Waals surface area contributed by atoms with E-state index in [1.165, 1.54) is 23.1 Å². The molecule has 25 heavy (non-hydrogen) atoms. The molecule has 8 nitrogen and oxygen atoms in total. The molecular weight excluding hydrogens is 344 g/mol. The maximum Gasteiger partial charge on any atom is 0.294 e. The number of rotatable bonds is 4. The molecule has 3 rings (SSSR count). The van der Waals surface area contributed by atoms with E-state index in [1.807, 2.05) is 7.05 Å². The van der Waals surface area contributed by atoms with Crippen LogP contribution < -0.4 is 0 Å². The van der Waals surface area contributed by atoms with E-state index in [4.69, 9.17) is 0 Å². The molecule has 0 aromatic heterocycles. The minimum Gasteiger partial charge on any atom is -0.304 e. The summed E-state index contributed by atoms with van der Waals surface area (Å²) in [6, 6.07) is 5.99. The lowest BCUT2D eigenvalue weighted by molar-refractivity contribution is -0.384. The molecule has 9 heteroatoms. The number of thioether (sulfide) groups is 1. The van der Waals surface area contributed by atoms with Gasteiger partial charge in [-0.3, -0.25) is 29.5 Å².